The lowest BCUT2D eigenvalue weighted by atomic mass is 10.0. The van der Waals surface area contributed by atoms with Gasteiger partial charge in [-0.1, -0.05) is 24.3 Å². The van der Waals surface area contributed by atoms with Crippen molar-refractivity contribution in [3.63, 3.8) is 0 Å². The third kappa shape index (κ3) is 2.16. The summed E-state index contributed by atoms with van der Waals surface area (Å²) in [6.07, 6.45) is 1.81. The van der Waals surface area contributed by atoms with Crippen molar-refractivity contribution in [1.29, 1.82) is 0 Å². The van der Waals surface area contributed by atoms with E-state index >= 15 is 0 Å². The first-order valence-corrected chi connectivity index (χ1v) is 7.53. The molecule has 100 valence electrons. The summed E-state index contributed by atoms with van der Waals surface area (Å²) in [4.78, 5) is 15.9. The largest absolute Gasteiger partial charge is 0.360 e. The van der Waals surface area contributed by atoms with Crippen LogP contribution in [0.25, 0.3) is 10.9 Å². The zero-order valence-electron chi connectivity index (χ0n) is 11.3. The molecular formula is C17H14INO. The van der Waals surface area contributed by atoms with Crippen LogP contribution in [0.3, 0.4) is 0 Å². The van der Waals surface area contributed by atoms with Crippen LogP contribution < -0.4 is 0 Å². The van der Waals surface area contributed by atoms with Crippen LogP contribution in [0.2, 0.25) is 0 Å². The highest BCUT2D eigenvalue weighted by atomic mass is 127. The predicted molar refractivity (Wildman–Crippen MR) is 90.4 cm³/mol. The highest BCUT2D eigenvalue weighted by Gasteiger charge is 2.17. The average Bonchev–Trinajstić information content (AvgIpc) is 2.84. The number of nitrogens with one attached hydrogen (secondary N) is 1. The average molecular weight is 375 g/mol. The molecule has 0 bridgehead atoms. The molecule has 20 heavy (non-hydrogen) atoms. The van der Waals surface area contributed by atoms with Crippen molar-refractivity contribution in [3.05, 3.63) is 68.4 Å². The standard InChI is InChI=1S/C17H14INO/c1-10-6-7-12-14(9-19-15(12)8-10)17(20)13-5-3-4-11(2)16(13)18/h3-9,19H,1-2H3. The highest BCUT2D eigenvalue weighted by molar-refractivity contribution is 14.1. The quantitative estimate of drug-likeness (QED) is 0.515. The van der Waals surface area contributed by atoms with E-state index in [4.69, 9.17) is 0 Å². The minimum atomic E-state index is 0.0770. The van der Waals surface area contributed by atoms with E-state index in [1.165, 1.54) is 5.56 Å². The molecule has 0 fully saturated rings. The molecule has 0 radical (unpaired) electrons. The molecule has 2 nitrogen and oxygen atoms in total. The molecule has 1 N–H and O–H groups in total. The zero-order valence-corrected chi connectivity index (χ0v) is 13.5. The van der Waals surface area contributed by atoms with Gasteiger partial charge in [-0.15, -0.1) is 0 Å². The summed E-state index contributed by atoms with van der Waals surface area (Å²) in [6, 6.07) is 12.0. The van der Waals surface area contributed by atoms with E-state index in [2.05, 4.69) is 33.6 Å². The molecule has 0 aliphatic carbocycles. The first-order chi connectivity index (χ1) is 9.58. The first kappa shape index (κ1) is 13.4. The van der Waals surface area contributed by atoms with Crippen molar-refractivity contribution in [2.24, 2.45) is 0 Å². The SMILES string of the molecule is Cc1ccc2c(C(=O)c3cccc(C)c3I)c[nH]c2c1. The van der Waals surface area contributed by atoms with E-state index in [9.17, 15) is 4.79 Å². The smallest absolute Gasteiger partial charge is 0.196 e. The van der Waals surface area contributed by atoms with Gasteiger partial charge in [-0.05, 0) is 59.7 Å². The Kier molecular flexibility index (Phi) is 3.38. The number of rotatable bonds is 2. The van der Waals surface area contributed by atoms with Crippen molar-refractivity contribution < 1.29 is 4.79 Å². The maximum absolute atomic E-state index is 12.8. The lowest BCUT2D eigenvalue weighted by Gasteiger charge is -2.05. The highest BCUT2D eigenvalue weighted by Crippen LogP contribution is 2.25. The Morgan fingerprint density at radius 3 is 2.70 bits per heavy atom. The van der Waals surface area contributed by atoms with E-state index in [0.717, 1.165) is 31.2 Å². The lowest BCUT2D eigenvalue weighted by molar-refractivity contribution is 0.103. The topological polar surface area (TPSA) is 32.9 Å². The molecule has 0 aliphatic rings. The molecule has 0 amide bonds. The fraction of sp³-hybridized carbons (Fsp3) is 0.118. The maximum atomic E-state index is 12.8. The van der Waals surface area contributed by atoms with Crippen LogP contribution in [-0.2, 0) is 0 Å². The number of ketones is 1. The van der Waals surface area contributed by atoms with Crippen molar-refractivity contribution in [3.8, 4) is 0 Å². The van der Waals surface area contributed by atoms with Crippen molar-refractivity contribution in [2.75, 3.05) is 0 Å². The molecule has 0 atom stereocenters. The lowest BCUT2D eigenvalue weighted by Crippen LogP contribution is -2.04. The number of fused-ring (bicyclic) bond motifs is 1. The van der Waals surface area contributed by atoms with Gasteiger partial charge in [0.1, 0.15) is 0 Å². The summed E-state index contributed by atoms with van der Waals surface area (Å²) in [6.45, 7) is 4.07. The number of benzene rings is 2. The Labute approximate surface area is 131 Å². The summed E-state index contributed by atoms with van der Waals surface area (Å²) >= 11 is 2.24. The first-order valence-electron chi connectivity index (χ1n) is 6.45. The van der Waals surface area contributed by atoms with E-state index in [-0.39, 0.29) is 5.78 Å². The Morgan fingerprint density at radius 1 is 1.10 bits per heavy atom. The van der Waals surface area contributed by atoms with Crippen LogP contribution >= 0.6 is 22.6 Å². The van der Waals surface area contributed by atoms with Gasteiger partial charge in [-0.25, -0.2) is 0 Å². The fourth-order valence-corrected chi connectivity index (χ4v) is 3.00. The van der Waals surface area contributed by atoms with Gasteiger partial charge in [0.25, 0.3) is 0 Å². The number of halogens is 1. The number of carbonyl (C=O) groups is 1. The van der Waals surface area contributed by atoms with Crippen LogP contribution in [0, 0.1) is 17.4 Å². The molecule has 3 aromatic rings. The Hall–Kier alpha value is -1.62. The van der Waals surface area contributed by atoms with Gasteiger partial charge in [0.15, 0.2) is 5.78 Å². The molecule has 1 heterocycles. The van der Waals surface area contributed by atoms with E-state index in [0.29, 0.717) is 0 Å². The number of H-pyrrole nitrogens is 1. The number of aromatic amines is 1. The molecule has 3 heteroatoms. The van der Waals surface area contributed by atoms with Crippen LogP contribution in [0.5, 0.6) is 0 Å². The van der Waals surface area contributed by atoms with Crippen LogP contribution in [0.15, 0.2) is 42.6 Å². The summed E-state index contributed by atoms with van der Waals surface area (Å²) in [5.41, 5.74) is 4.84. The molecule has 0 unspecified atom stereocenters. The third-order valence-electron chi connectivity index (χ3n) is 3.52. The molecule has 0 saturated carbocycles. The summed E-state index contributed by atoms with van der Waals surface area (Å²) in [5.74, 6) is 0.0770. The minimum absolute atomic E-state index is 0.0770. The zero-order chi connectivity index (χ0) is 14.3. The van der Waals surface area contributed by atoms with Crippen molar-refractivity contribution in [2.45, 2.75) is 13.8 Å². The molecular weight excluding hydrogens is 361 g/mol. The van der Waals surface area contributed by atoms with Crippen LogP contribution in [-0.4, -0.2) is 10.8 Å². The second kappa shape index (κ2) is 5.05. The number of aryl methyl sites for hydroxylation is 2. The summed E-state index contributed by atoms with van der Waals surface area (Å²) in [7, 11) is 0. The predicted octanol–water partition coefficient (Wildman–Crippen LogP) is 4.62. The molecule has 0 saturated heterocycles. The molecule has 0 spiro atoms. The second-order valence-electron chi connectivity index (χ2n) is 5.02. The molecule has 0 aliphatic heterocycles. The van der Waals surface area contributed by atoms with Crippen molar-refractivity contribution >= 4 is 39.3 Å². The Morgan fingerprint density at radius 2 is 1.90 bits per heavy atom. The van der Waals surface area contributed by atoms with Gasteiger partial charge >= 0.3 is 0 Å². The van der Waals surface area contributed by atoms with Crippen LogP contribution in [0.4, 0.5) is 0 Å². The Bertz CT molecular complexity index is 817. The number of aromatic nitrogens is 1. The van der Waals surface area contributed by atoms with Gasteiger partial charge in [-0.3, -0.25) is 4.79 Å². The molecule has 1 aromatic heterocycles. The minimum Gasteiger partial charge on any atom is -0.360 e. The van der Waals surface area contributed by atoms with Crippen molar-refractivity contribution in [1.82, 2.24) is 4.98 Å². The maximum Gasteiger partial charge on any atom is 0.196 e. The van der Waals surface area contributed by atoms with Gasteiger partial charge in [0, 0.05) is 31.8 Å². The van der Waals surface area contributed by atoms with Gasteiger partial charge in [-0.2, -0.15) is 0 Å². The number of carbonyl (C=O) groups excluding carboxylic acids is 1. The monoisotopic (exact) mass is 375 g/mol. The fourth-order valence-electron chi connectivity index (χ4n) is 2.40. The second-order valence-corrected chi connectivity index (χ2v) is 6.10. The number of hydrogen-bond acceptors (Lipinski definition) is 1. The van der Waals surface area contributed by atoms with Gasteiger partial charge in [0.05, 0.1) is 0 Å². The third-order valence-corrected chi connectivity index (χ3v) is 4.95. The van der Waals surface area contributed by atoms with E-state index in [1.807, 2.05) is 50.4 Å². The van der Waals surface area contributed by atoms with E-state index < -0.39 is 0 Å². The van der Waals surface area contributed by atoms with E-state index in [1.54, 1.807) is 0 Å². The van der Waals surface area contributed by atoms with Gasteiger partial charge in [0.2, 0.25) is 0 Å². The van der Waals surface area contributed by atoms with Crippen LogP contribution in [0.1, 0.15) is 27.0 Å². The molecule has 2 aromatic carbocycles. The Balaban J connectivity index is 2.16. The number of hydrogen-bond donors (Lipinski definition) is 1. The normalized spacial score (nSPS) is 10.9. The summed E-state index contributed by atoms with van der Waals surface area (Å²) in [5, 5.41) is 0.984. The summed E-state index contributed by atoms with van der Waals surface area (Å²) < 4.78 is 1.02. The molecule has 3 rings (SSSR count). The van der Waals surface area contributed by atoms with Gasteiger partial charge < -0.3 is 4.98 Å².